The molecule has 18 heavy (non-hydrogen) atoms. The van der Waals surface area contributed by atoms with E-state index in [2.05, 4.69) is 25.6 Å². The molecule has 0 unspecified atom stereocenters. The maximum atomic E-state index is 12.0. The topological polar surface area (TPSA) is 68.3 Å². The van der Waals surface area contributed by atoms with Crippen LogP contribution in [0.5, 0.6) is 5.88 Å². The Morgan fingerprint density at radius 2 is 2.28 bits per heavy atom. The number of sulfonamides is 1. The molecule has 2 heterocycles. The quantitative estimate of drug-likeness (QED) is 0.922. The molecule has 0 aliphatic rings. The molecule has 0 radical (unpaired) electrons. The van der Waals surface area contributed by atoms with Gasteiger partial charge in [-0.15, -0.1) is 11.3 Å². The van der Waals surface area contributed by atoms with Crippen molar-refractivity contribution in [3.8, 4) is 5.88 Å². The number of aromatic nitrogens is 1. The number of thiophene rings is 1. The molecule has 0 saturated carbocycles. The van der Waals surface area contributed by atoms with Gasteiger partial charge in [0.15, 0.2) is 0 Å². The molecule has 0 aliphatic heterocycles. The fraction of sp³-hybridized carbons (Fsp3) is 0.100. The number of nitrogens with zero attached hydrogens (tertiary/aromatic N) is 1. The van der Waals surface area contributed by atoms with Gasteiger partial charge < -0.3 is 4.74 Å². The van der Waals surface area contributed by atoms with Crippen LogP contribution in [0.3, 0.4) is 0 Å². The molecule has 0 aromatic carbocycles. The molecule has 0 aliphatic carbocycles. The highest BCUT2D eigenvalue weighted by Gasteiger charge is 2.18. The zero-order chi connectivity index (χ0) is 13.2. The smallest absolute Gasteiger partial charge is 0.271 e. The Bertz CT molecular complexity index is 641. The third-order valence-electron chi connectivity index (χ3n) is 2.02. The molecule has 2 rings (SSSR count). The first-order valence-electron chi connectivity index (χ1n) is 4.79. The largest absolute Gasteiger partial charge is 0.479 e. The van der Waals surface area contributed by atoms with Crippen LogP contribution < -0.4 is 9.46 Å². The Balaban J connectivity index is 2.37. The SMILES string of the molecule is COc1ncc(Br)cc1NS(=O)(=O)c1cccs1. The van der Waals surface area contributed by atoms with Crippen molar-refractivity contribution in [2.24, 2.45) is 0 Å². The molecule has 96 valence electrons. The van der Waals surface area contributed by atoms with Gasteiger partial charge in [0.1, 0.15) is 9.90 Å². The van der Waals surface area contributed by atoms with Gasteiger partial charge in [0.05, 0.1) is 7.11 Å². The zero-order valence-corrected chi connectivity index (χ0v) is 12.5. The van der Waals surface area contributed by atoms with Gasteiger partial charge in [-0.25, -0.2) is 13.4 Å². The van der Waals surface area contributed by atoms with Crippen LogP contribution in [0.4, 0.5) is 5.69 Å². The van der Waals surface area contributed by atoms with Crippen molar-refractivity contribution in [1.29, 1.82) is 0 Å². The third kappa shape index (κ3) is 2.82. The van der Waals surface area contributed by atoms with E-state index in [1.807, 2.05) is 0 Å². The number of hydrogen-bond donors (Lipinski definition) is 1. The van der Waals surface area contributed by atoms with E-state index in [0.717, 1.165) is 11.3 Å². The lowest BCUT2D eigenvalue weighted by Crippen LogP contribution is -2.12. The Morgan fingerprint density at radius 3 is 2.89 bits per heavy atom. The van der Waals surface area contributed by atoms with Crippen molar-refractivity contribution in [3.05, 3.63) is 34.2 Å². The Hall–Kier alpha value is -1.12. The standard InChI is InChI=1S/C10H9BrN2O3S2/c1-16-10-8(5-7(11)6-12-10)13-18(14,15)9-3-2-4-17-9/h2-6,13H,1H3. The number of methoxy groups -OCH3 is 1. The maximum Gasteiger partial charge on any atom is 0.271 e. The summed E-state index contributed by atoms with van der Waals surface area (Å²) in [4.78, 5) is 3.97. The first-order chi connectivity index (χ1) is 8.53. The van der Waals surface area contributed by atoms with Gasteiger partial charge >= 0.3 is 0 Å². The summed E-state index contributed by atoms with van der Waals surface area (Å²) < 4.78 is 32.4. The van der Waals surface area contributed by atoms with E-state index in [4.69, 9.17) is 4.74 Å². The summed E-state index contributed by atoms with van der Waals surface area (Å²) in [5, 5.41) is 1.70. The van der Waals surface area contributed by atoms with Gasteiger partial charge in [0, 0.05) is 10.7 Å². The number of halogens is 1. The minimum Gasteiger partial charge on any atom is -0.479 e. The van der Waals surface area contributed by atoms with Gasteiger partial charge in [0.25, 0.3) is 10.0 Å². The Morgan fingerprint density at radius 1 is 1.50 bits per heavy atom. The molecule has 0 atom stereocenters. The highest BCUT2D eigenvalue weighted by Crippen LogP contribution is 2.28. The molecule has 0 spiro atoms. The van der Waals surface area contributed by atoms with E-state index in [9.17, 15) is 8.42 Å². The monoisotopic (exact) mass is 348 g/mol. The Labute approximate surface area is 117 Å². The Kier molecular flexibility index (Phi) is 3.88. The average molecular weight is 349 g/mol. The molecule has 0 amide bonds. The normalized spacial score (nSPS) is 11.2. The molecule has 0 saturated heterocycles. The van der Waals surface area contributed by atoms with Gasteiger partial charge in [0.2, 0.25) is 5.88 Å². The van der Waals surface area contributed by atoms with E-state index in [1.165, 1.54) is 19.4 Å². The van der Waals surface area contributed by atoms with Crippen LogP contribution in [0.1, 0.15) is 0 Å². The van der Waals surface area contributed by atoms with Crippen LogP contribution in [0.15, 0.2) is 38.5 Å². The average Bonchev–Trinajstić information content (AvgIpc) is 2.83. The van der Waals surface area contributed by atoms with Crippen molar-refractivity contribution in [3.63, 3.8) is 0 Å². The van der Waals surface area contributed by atoms with Crippen LogP contribution in [0.2, 0.25) is 0 Å². The molecule has 0 bridgehead atoms. The van der Waals surface area contributed by atoms with E-state index >= 15 is 0 Å². The second kappa shape index (κ2) is 5.25. The third-order valence-corrected chi connectivity index (χ3v) is 5.21. The van der Waals surface area contributed by atoms with E-state index in [-0.39, 0.29) is 10.1 Å². The van der Waals surface area contributed by atoms with Crippen LogP contribution in [-0.4, -0.2) is 20.5 Å². The lowest BCUT2D eigenvalue weighted by molar-refractivity contribution is 0.400. The molecule has 0 fully saturated rings. The van der Waals surface area contributed by atoms with E-state index < -0.39 is 10.0 Å². The first kappa shape index (κ1) is 13.3. The van der Waals surface area contributed by atoms with Crippen molar-refractivity contribution in [2.45, 2.75) is 4.21 Å². The summed E-state index contributed by atoms with van der Waals surface area (Å²) >= 11 is 4.37. The fourth-order valence-electron chi connectivity index (χ4n) is 1.27. The highest BCUT2D eigenvalue weighted by atomic mass is 79.9. The van der Waals surface area contributed by atoms with E-state index in [0.29, 0.717) is 10.2 Å². The first-order valence-corrected chi connectivity index (χ1v) is 7.94. The molecule has 2 aromatic heterocycles. The van der Waals surface area contributed by atoms with Crippen LogP contribution in [0, 0.1) is 0 Å². The van der Waals surface area contributed by atoms with Crippen LogP contribution >= 0.6 is 27.3 Å². The van der Waals surface area contributed by atoms with Gasteiger partial charge in [-0.05, 0) is 33.4 Å². The lowest BCUT2D eigenvalue weighted by atomic mass is 10.4. The predicted octanol–water partition coefficient (Wildman–Crippen LogP) is 2.72. The second-order valence-electron chi connectivity index (χ2n) is 3.25. The van der Waals surface area contributed by atoms with Gasteiger partial charge in [-0.3, -0.25) is 4.72 Å². The molecular formula is C10H9BrN2O3S2. The highest BCUT2D eigenvalue weighted by molar-refractivity contribution is 9.10. The number of ether oxygens (including phenoxy) is 1. The van der Waals surface area contributed by atoms with Crippen LogP contribution in [-0.2, 0) is 10.0 Å². The molecule has 8 heteroatoms. The lowest BCUT2D eigenvalue weighted by Gasteiger charge is -2.10. The predicted molar refractivity (Wildman–Crippen MR) is 73.6 cm³/mol. The van der Waals surface area contributed by atoms with E-state index in [1.54, 1.807) is 17.5 Å². The summed E-state index contributed by atoms with van der Waals surface area (Å²) in [5.74, 6) is 0.221. The minimum atomic E-state index is -3.59. The molecule has 2 aromatic rings. The van der Waals surface area contributed by atoms with Crippen molar-refractivity contribution >= 4 is 43.0 Å². The summed E-state index contributed by atoms with van der Waals surface area (Å²) in [6.45, 7) is 0. The molecule has 1 N–H and O–H groups in total. The maximum absolute atomic E-state index is 12.0. The summed E-state index contributed by atoms with van der Waals surface area (Å²) in [6, 6.07) is 4.80. The number of nitrogens with one attached hydrogen (secondary N) is 1. The summed E-state index contributed by atoms with van der Waals surface area (Å²) in [7, 11) is -2.16. The molecular weight excluding hydrogens is 340 g/mol. The molecule has 5 nitrogen and oxygen atoms in total. The minimum absolute atomic E-state index is 0.221. The van der Waals surface area contributed by atoms with Crippen molar-refractivity contribution < 1.29 is 13.2 Å². The summed E-state index contributed by atoms with van der Waals surface area (Å²) in [6.07, 6.45) is 1.53. The second-order valence-corrected chi connectivity index (χ2v) is 7.02. The zero-order valence-electron chi connectivity index (χ0n) is 9.25. The number of pyridine rings is 1. The summed E-state index contributed by atoms with van der Waals surface area (Å²) in [5.41, 5.74) is 0.292. The number of hydrogen-bond acceptors (Lipinski definition) is 5. The fourth-order valence-corrected chi connectivity index (χ4v) is 3.65. The van der Waals surface area contributed by atoms with Crippen molar-refractivity contribution in [2.75, 3.05) is 11.8 Å². The van der Waals surface area contributed by atoms with Crippen LogP contribution in [0.25, 0.3) is 0 Å². The number of rotatable bonds is 4. The van der Waals surface area contributed by atoms with Crippen molar-refractivity contribution in [1.82, 2.24) is 4.98 Å². The number of anilines is 1. The van der Waals surface area contributed by atoms with Gasteiger partial charge in [-0.2, -0.15) is 0 Å². The van der Waals surface area contributed by atoms with Gasteiger partial charge in [-0.1, -0.05) is 6.07 Å².